The quantitative estimate of drug-likeness (QED) is 0.730. The maximum Gasteiger partial charge on any atom is 0.178 e. The summed E-state index contributed by atoms with van der Waals surface area (Å²) in [7, 11) is 0. The lowest BCUT2D eigenvalue weighted by molar-refractivity contribution is 0.203. The molecule has 7 nitrogen and oxygen atoms in total. The number of hydrogen-bond acceptors (Lipinski definition) is 6. The zero-order chi connectivity index (χ0) is 14.0. The van der Waals surface area contributed by atoms with Crippen molar-refractivity contribution in [3.63, 3.8) is 0 Å². The van der Waals surface area contributed by atoms with Gasteiger partial charge in [-0.3, -0.25) is 0 Å². The first-order chi connectivity index (χ1) is 8.95. The summed E-state index contributed by atoms with van der Waals surface area (Å²) < 4.78 is 1.67. The third-order valence-corrected chi connectivity index (χ3v) is 2.73. The van der Waals surface area contributed by atoms with Crippen molar-refractivity contribution < 1.29 is 10.2 Å². The van der Waals surface area contributed by atoms with Crippen LogP contribution in [0.3, 0.4) is 0 Å². The summed E-state index contributed by atoms with van der Waals surface area (Å²) in [6.45, 7) is 5.79. The molecule has 0 radical (unpaired) electrons. The molecule has 2 heterocycles. The molecule has 0 aliphatic heterocycles. The fraction of sp³-hybridized carbons (Fsp3) is 0.583. The number of aromatic nitrogens is 4. The van der Waals surface area contributed by atoms with Gasteiger partial charge in [0.25, 0.3) is 0 Å². The van der Waals surface area contributed by atoms with Crippen molar-refractivity contribution in [3.8, 4) is 0 Å². The number of aliphatic hydroxyl groups is 2. The van der Waals surface area contributed by atoms with E-state index in [4.69, 9.17) is 10.2 Å². The van der Waals surface area contributed by atoms with Crippen LogP contribution < -0.4 is 5.32 Å². The van der Waals surface area contributed by atoms with E-state index in [1.807, 2.05) is 20.8 Å². The first-order valence-electron chi connectivity index (χ1n) is 6.17. The molecule has 0 aliphatic carbocycles. The van der Waals surface area contributed by atoms with E-state index in [1.165, 1.54) is 0 Å². The highest BCUT2D eigenvalue weighted by molar-refractivity contribution is 5.45. The molecular weight excluding hydrogens is 246 g/mol. The Labute approximate surface area is 111 Å². The van der Waals surface area contributed by atoms with Gasteiger partial charge in [0, 0.05) is 5.41 Å². The van der Waals surface area contributed by atoms with Crippen LogP contribution in [0.4, 0.5) is 5.82 Å². The Bertz CT molecular complexity index is 557. The Kier molecular flexibility index (Phi) is 3.68. The topological polar surface area (TPSA) is 95.6 Å². The maximum absolute atomic E-state index is 9.06. The van der Waals surface area contributed by atoms with Gasteiger partial charge in [0.05, 0.1) is 19.3 Å². The van der Waals surface area contributed by atoms with Crippen LogP contribution in [0.5, 0.6) is 0 Å². The molecule has 0 saturated carbocycles. The summed E-state index contributed by atoms with van der Waals surface area (Å²) in [6, 6.07) is 3.11. The average molecular weight is 265 g/mol. The van der Waals surface area contributed by atoms with Crippen LogP contribution in [-0.2, 0) is 5.41 Å². The molecule has 2 aromatic rings. The number of aliphatic hydroxyl groups excluding tert-OH is 2. The summed E-state index contributed by atoms with van der Waals surface area (Å²) in [4.78, 5) is 0. The molecule has 2 rings (SSSR count). The number of anilines is 1. The van der Waals surface area contributed by atoms with E-state index in [1.54, 1.807) is 16.6 Å². The molecule has 0 spiro atoms. The van der Waals surface area contributed by atoms with Crippen molar-refractivity contribution in [1.82, 2.24) is 19.8 Å². The minimum Gasteiger partial charge on any atom is -0.394 e. The molecule has 0 bridgehead atoms. The number of nitrogens with zero attached hydrogens (tertiary/aromatic N) is 4. The van der Waals surface area contributed by atoms with Crippen LogP contribution in [0.2, 0.25) is 0 Å². The standard InChI is InChI=1S/C12H19N5O2/c1-12(2,3)11-15-14-10-5-4-9(16-17(10)11)13-8(6-18)7-19/h4-5,8,18-19H,6-7H2,1-3H3,(H,13,16). The van der Waals surface area contributed by atoms with Gasteiger partial charge in [0.2, 0.25) is 0 Å². The molecular formula is C12H19N5O2. The lowest BCUT2D eigenvalue weighted by Gasteiger charge is -2.16. The Morgan fingerprint density at radius 2 is 1.89 bits per heavy atom. The van der Waals surface area contributed by atoms with Gasteiger partial charge in [-0.15, -0.1) is 15.3 Å². The van der Waals surface area contributed by atoms with Crippen molar-refractivity contribution in [1.29, 1.82) is 0 Å². The summed E-state index contributed by atoms with van der Waals surface area (Å²) >= 11 is 0. The molecule has 2 aromatic heterocycles. The summed E-state index contributed by atoms with van der Waals surface area (Å²) in [5.41, 5.74) is 0.498. The second kappa shape index (κ2) is 5.10. The monoisotopic (exact) mass is 265 g/mol. The second-order valence-corrected chi connectivity index (χ2v) is 5.47. The lowest BCUT2D eigenvalue weighted by atomic mass is 9.96. The molecule has 0 unspecified atom stereocenters. The molecule has 0 aromatic carbocycles. The van der Waals surface area contributed by atoms with E-state index in [0.29, 0.717) is 11.5 Å². The smallest absolute Gasteiger partial charge is 0.178 e. The van der Waals surface area contributed by atoms with E-state index in [-0.39, 0.29) is 18.6 Å². The van der Waals surface area contributed by atoms with Crippen molar-refractivity contribution in [2.45, 2.75) is 32.2 Å². The summed E-state index contributed by atoms with van der Waals surface area (Å²) in [5, 5.41) is 33.7. The van der Waals surface area contributed by atoms with Crippen LogP contribution >= 0.6 is 0 Å². The van der Waals surface area contributed by atoms with Crippen molar-refractivity contribution in [2.75, 3.05) is 18.5 Å². The van der Waals surface area contributed by atoms with Gasteiger partial charge >= 0.3 is 0 Å². The number of nitrogens with one attached hydrogen (secondary N) is 1. The van der Waals surface area contributed by atoms with Crippen LogP contribution in [0, 0.1) is 0 Å². The van der Waals surface area contributed by atoms with Crippen LogP contribution in [-0.4, -0.2) is 49.3 Å². The van der Waals surface area contributed by atoms with Gasteiger partial charge in [-0.1, -0.05) is 20.8 Å². The van der Waals surface area contributed by atoms with Crippen LogP contribution in [0.25, 0.3) is 5.65 Å². The number of hydrogen-bond donors (Lipinski definition) is 3. The van der Waals surface area contributed by atoms with E-state index >= 15 is 0 Å². The predicted octanol–water partition coefficient (Wildman–Crippen LogP) is 0.187. The van der Waals surface area contributed by atoms with Gasteiger partial charge in [-0.25, -0.2) is 0 Å². The zero-order valence-electron chi connectivity index (χ0n) is 11.3. The molecule has 0 fully saturated rings. The molecule has 3 N–H and O–H groups in total. The Hall–Kier alpha value is -1.73. The SMILES string of the molecule is CC(C)(C)c1nnc2ccc(NC(CO)CO)nn12. The average Bonchev–Trinajstić information content (AvgIpc) is 2.78. The van der Waals surface area contributed by atoms with Crippen LogP contribution in [0.15, 0.2) is 12.1 Å². The minimum absolute atomic E-state index is 0.162. The third kappa shape index (κ3) is 2.82. The Morgan fingerprint density at radius 1 is 1.21 bits per heavy atom. The highest BCUT2D eigenvalue weighted by Crippen LogP contribution is 2.20. The number of rotatable bonds is 4. The van der Waals surface area contributed by atoms with Gasteiger partial charge in [-0.05, 0) is 12.1 Å². The Balaban J connectivity index is 2.38. The van der Waals surface area contributed by atoms with E-state index in [2.05, 4.69) is 20.6 Å². The third-order valence-electron chi connectivity index (χ3n) is 2.73. The fourth-order valence-corrected chi connectivity index (χ4v) is 1.69. The molecule has 0 amide bonds. The molecule has 0 atom stereocenters. The molecule has 19 heavy (non-hydrogen) atoms. The van der Waals surface area contributed by atoms with Crippen molar-refractivity contribution in [2.24, 2.45) is 0 Å². The van der Waals surface area contributed by atoms with Gasteiger partial charge in [0.1, 0.15) is 5.82 Å². The highest BCUT2D eigenvalue weighted by atomic mass is 16.3. The highest BCUT2D eigenvalue weighted by Gasteiger charge is 2.22. The predicted molar refractivity (Wildman–Crippen MR) is 71.1 cm³/mol. The van der Waals surface area contributed by atoms with Crippen molar-refractivity contribution in [3.05, 3.63) is 18.0 Å². The number of fused-ring (bicyclic) bond motifs is 1. The van der Waals surface area contributed by atoms with Crippen LogP contribution in [0.1, 0.15) is 26.6 Å². The van der Waals surface area contributed by atoms with E-state index in [0.717, 1.165) is 5.82 Å². The summed E-state index contributed by atoms with van der Waals surface area (Å²) in [6.07, 6.45) is 0. The van der Waals surface area contributed by atoms with Gasteiger partial charge in [0.15, 0.2) is 11.5 Å². The molecule has 7 heteroatoms. The lowest BCUT2D eigenvalue weighted by Crippen LogP contribution is -2.28. The maximum atomic E-state index is 9.06. The normalized spacial score (nSPS) is 12.3. The molecule has 104 valence electrons. The largest absolute Gasteiger partial charge is 0.394 e. The fourth-order valence-electron chi connectivity index (χ4n) is 1.69. The van der Waals surface area contributed by atoms with E-state index < -0.39 is 6.04 Å². The van der Waals surface area contributed by atoms with Gasteiger partial charge < -0.3 is 15.5 Å². The minimum atomic E-state index is -0.431. The van der Waals surface area contributed by atoms with E-state index in [9.17, 15) is 0 Å². The molecule has 0 saturated heterocycles. The Morgan fingerprint density at radius 3 is 2.47 bits per heavy atom. The van der Waals surface area contributed by atoms with Crippen molar-refractivity contribution >= 4 is 11.5 Å². The second-order valence-electron chi connectivity index (χ2n) is 5.47. The summed E-state index contributed by atoms with van der Waals surface area (Å²) in [5.74, 6) is 1.32. The first kappa shape index (κ1) is 13.7. The zero-order valence-corrected chi connectivity index (χ0v) is 11.3. The first-order valence-corrected chi connectivity index (χ1v) is 6.17. The van der Waals surface area contributed by atoms with Gasteiger partial charge in [-0.2, -0.15) is 4.52 Å². The molecule has 0 aliphatic rings.